The molecule has 104 valence electrons. The molecule has 0 aliphatic rings. The molecule has 4 nitrogen and oxygen atoms in total. The molecule has 2 rings (SSSR count). The van der Waals surface area contributed by atoms with E-state index in [2.05, 4.69) is 26.4 Å². The Morgan fingerprint density at radius 2 is 1.95 bits per heavy atom. The summed E-state index contributed by atoms with van der Waals surface area (Å²) in [5.41, 5.74) is 7.43. The Bertz CT molecular complexity index is 629. The minimum Gasteiger partial charge on any atom is -0.409 e. The maximum Gasteiger partial charge on any atom is 0.170 e. The maximum absolute atomic E-state index is 13.5. The van der Waals surface area contributed by atoms with Crippen molar-refractivity contribution in [1.82, 2.24) is 0 Å². The Balaban J connectivity index is 2.13. The molecule has 0 bridgehead atoms. The highest BCUT2D eigenvalue weighted by molar-refractivity contribution is 9.10. The van der Waals surface area contributed by atoms with Gasteiger partial charge in [0.15, 0.2) is 5.84 Å². The first-order valence-corrected chi connectivity index (χ1v) is 6.64. The Morgan fingerprint density at radius 1 is 1.25 bits per heavy atom. The summed E-state index contributed by atoms with van der Waals surface area (Å²) in [7, 11) is 0. The number of anilines is 1. The Hall–Kier alpha value is -2.08. The molecule has 0 fully saturated rings. The molecular weight excluding hydrogens is 325 g/mol. The van der Waals surface area contributed by atoms with E-state index in [0.29, 0.717) is 17.7 Å². The van der Waals surface area contributed by atoms with Crippen molar-refractivity contribution in [3.63, 3.8) is 0 Å². The first-order valence-electron chi connectivity index (χ1n) is 5.85. The van der Waals surface area contributed by atoms with E-state index in [4.69, 9.17) is 10.9 Å². The van der Waals surface area contributed by atoms with E-state index in [1.54, 1.807) is 6.07 Å². The zero-order chi connectivity index (χ0) is 14.5. The molecule has 0 amide bonds. The zero-order valence-corrected chi connectivity index (χ0v) is 12.1. The molecule has 0 heterocycles. The van der Waals surface area contributed by atoms with Crippen molar-refractivity contribution >= 4 is 27.5 Å². The summed E-state index contributed by atoms with van der Waals surface area (Å²) in [6, 6.07) is 11.9. The van der Waals surface area contributed by atoms with Gasteiger partial charge in [0.2, 0.25) is 0 Å². The summed E-state index contributed by atoms with van der Waals surface area (Å²) in [4.78, 5) is 0. The van der Waals surface area contributed by atoms with Crippen LogP contribution in [0.25, 0.3) is 0 Å². The lowest BCUT2D eigenvalue weighted by Gasteiger charge is -2.08. The Labute approximate surface area is 124 Å². The predicted molar refractivity (Wildman–Crippen MR) is 80.4 cm³/mol. The van der Waals surface area contributed by atoms with Crippen LogP contribution in [-0.2, 0) is 6.54 Å². The molecule has 0 saturated heterocycles. The van der Waals surface area contributed by atoms with E-state index < -0.39 is 5.82 Å². The van der Waals surface area contributed by atoms with Crippen LogP contribution in [0.2, 0.25) is 0 Å². The third kappa shape index (κ3) is 3.71. The third-order valence-electron chi connectivity index (χ3n) is 2.70. The van der Waals surface area contributed by atoms with E-state index in [1.807, 2.05) is 24.3 Å². The van der Waals surface area contributed by atoms with Crippen LogP contribution in [0.1, 0.15) is 11.1 Å². The largest absolute Gasteiger partial charge is 0.409 e. The van der Waals surface area contributed by atoms with Crippen molar-refractivity contribution in [1.29, 1.82) is 0 Å². The van der Waals surface area contributed by atoms with Gasteiger partial charge in [-0.2, -0.15) is 0 Å². The summed E-state index contributed by atoms with van der Waals surface area (Å²) < 4.78 is 14.5. The van der Waals surface area contributed by atoms with Crippen LogP contribution in [0, 0.1) is 5.82 Å². The molecular formula is C14H13BrFN3O. The lowest BCUT2D eigenvalue weighted by Crippen LogP contribution is -2.14. The SMILES string of the molecule is N/C(=N/O)c1cc(F)cc(CNc2ccc(Br)cc2)c1. The van der Waals surface area contributed by atoms with Crippen molar-refractivity contribution in [3.8, 4) is 0 Å². The van der Waals surface area contributed by atoms with Gasteiger partial charge in [-0.15, -0.1) is 0 Å². The quantitative estimate of drug-likeness (QED) is 0.347. The minimum atomic E-state index is -0.429. The van der Waals surface area contributed by atoms with Gasteiger partial charge in [-0.3, -0.25) is 0 Å². The van der Waals surface area contributed by atoms with Gasteiger partial charge >= 0.3 is 0 Å². The molecule has 0 radical (unpaired) electrons. The van der Waals surface area contributed by atoms with Crippen LogP contribution < -0.4 is 11.1 Å². The van der Waals surface area contributed by atoms with Gasteiger partial charge in [0, 0.05) is 22.3 Å². The van der Waals surface area contributed by atoms with Crippen LogP contribution in [0.15, 0.2) is 52.1 Å². The highest BCUT2D eigenvalue weighted by Gasteiger charge is 2.05. The number of nitrogens with one attached hydrogen (secondary N) is 1. The molecule has 0 saturated carbocycles. The molecule has 0 aromatic heterocycles. The second-order valence-corrected chi connectivity index (χ2v) is 5.11. The molecule has 0 aliphatic heterocycles. The summed E-state index contributed by atoms with van der Waals surface area (Å²) in [6.07, 6.45) is 0. The van der Waals surface area contributed by atoms with Crippen LogP contribution in [0.4, 0.5) is 10.1 Å². The fraction of sp³-hybridized carbons (Fsp3) is 0.0714. The predicted octanol–water partition coefficient (Wildman–Crippen LogP) is 3.29. The van der Waals surface area contributed by atoms with E-state index in [9.17, 15) is 4.39 Å². The zero-order valence-electron chi connectivity index (χ0n) is 10.5. The fourth-order valence-electron chi connectivity index (χ4n) is 1.73. The van der Waals surface area contributed by atoms with Crippen LogP contribution >= 0.6 is 15.9 Å². The highest BCUT2D eigenvalue weighted by atomic mass is 79.9. The average molecular weight is 338 g/mol. The van der Waals surface area contributed by atoms with E-state index in [-0.39, 0.29) is 5.84 Å². The second-order valence-electron chi connectivity index (χ2n) is 4.19. The van der Waals surface area contributed by atoms with Crippen molar-refractivity contribution in [2.24, 2.45) is 10.9 Å². The molecule has 0 atom stereocenters. The lowest BCUT2D eigenvalue weighted by molar-refractivity contribution is 0.318. The number of halogens is 2. The minimum absolute atomic E-state index is 0.116. The number of oxime groups is 1. The van der Waals surface area contributed by atoms with E-state index >= 15 is 0 Å². The molecule has 20 heavy (non-hydrogen) atoms. The van der Waals surface area contributed by atoms with E-state index in [1.165, 1.54) is 12.1 Å². The molecule has 0 aliphatic carbocycles. The van der Waals surface area contributed by atoms with Crippen molar-refractivity contribution in [3.05, 3.63) is 63.9 Å². The van der Waals surface area contributed by atoms with Gasteiger partial charge < -0.3 is 16.3 Å². The van der Waals surface area contributed by atoms with Gasteiger partial charge in [-0.05, 0) is 48.0 Å². The van der Waals surface area contributed by atoms with Crippen LogP contribution in [-0.4, -0.2) is 11.0 Å². The Morgan fingerprint density at radius 3 is 2.60 bits per heavy atom. The standard InChI is InChI=1S/C14H13BrFN3O/c15-11-1-3-13(4-2-11)18-8-9-5-10(14(17)19-20)7-12(16)6-9/h1-7,18,20H,8H2,(H2,17,19). The number of amidine groups is 1. The first-order chi connectivity index (χ1) is 9.58. The maximum atomic E-state index is 13.5. The molecule has 2 aromatic carbocycles. The van der Waals surface area contributed by atoms with Gasteiger partial charge in [-0.1, -0.05) is 21.1 Å². The monoisotopic (exact) mass is 337 g/mol. The number of rotatable bonds is 4. The molecule has 2 aromatic rings. The van der Waals surface area contributed by atoms with Gasteiger partial charge in [0.25, 0.3) is 0 Å². The van der Waals surface area contributed by atoms with Crippen molar-refractivity contribution in [2.45, 2.75) is 6.54 Å². The summed E-state index contributed by atoms with van der Waals surface area (Å²) in [6.45, 7) is 0.436. The van der Waals surface area contributed by atoms with Crippen LogP contribution in [0.3, 0.4) is 0 Å². The molecule has 0 unspecified atom stereocenters. The van der Waals surface area contributed by atoms with Crippen LogP contribution in [0.5, 0.6) is 0 Å². The normalized spacial score (nSPS) is 11.4. The molecule has 4 N–H and O–H groups in total. The summed E-state index contributed by atoms with van der Waals surface area (Å²) in [5.74, 6) is -0.545. The van der Waals surface area contributed by atoms with Crippen molar-refractivity contribution < 1.29 is 9.60 Å². The molecule has 6 heteroatoms. The number of benzene rings is 2. The van der Waals surface area contributed by atoms with Gasteiger partial charge in [-0.25, -0.2) is 4.39 Å². The van der Waals surface area contributed by atoms with Gasteiger partial charge in [0.1, 0.15) is 5.82 Å². The summed E-state index contributed by atoms with van der Waals surface area (Å²) >= 11 is 3.36. The number of hydrogen-bond donors (Lipinski definition) is 3. The number of nitrogens with two attached hydrogens (primary N) is 1. The van der Waals surface area contributed by atoms with Gasteiger partial charge in [0.05, 0.1) is 0 Å². The lowest BCUT2D eigenvalue weighted by atomic mass is 10.1. The topological polar surface area (TPSA) is 70.6 Å². The average Bonchev–Trinajstić information content (AvgIpc) is 2.45. The smallest absolute Gasteiger partial charge is 0.170 e. The summed E-state index contributed by atoms with van der Waals surface area (Å²) in [5, 5.41) is 14.7. The Kier molecular flexibility index (Phi) is 4.57. The van der Waals surface area contributed by atoms with E-state index in [0.717, 1.165) is 10.2 Å². The number of hydrogen-bond acceptors (Lipinski definition) is 3. The fourth-order valence-corrected chi connectivity index (χ4v) is 1.99. The number of nitrogens with zero attached hydrogens (tertiary/aromatic N) is 1. The molecule has 0 spiro atoms. The van der Waals surface area contributed by atoms with Crippen molar-refractivity contribution in [2.75, 3.05) is 5.32 Å². The highest BCUT2D eigenvalue weighted by Crippen LogP contribution is 2.16. The third-order valence-corrected chi connectivity index (χ3v) is 3.23. The second kappa shape index (κ2) is 6.38. The first kappa shape index (κ1) is 14.3.